The number of anilines is 1. The molecule has 1 fully saturated rings. The maximum atomic E-state index is 13.0. The summed E-state index contributed by atoms with van der Waals surface area (Å²) in [6.07, 6.45) is 4.35. The van der Waals surface area contributed by atoms with Gasteiger partial charge in [0.2, 0.25) is 0 Å². The Hall–Kier alpha value is -3.74. The Morgan fingerprint density at radius 1 is 1.00 bits per heavy atom. The van der Waals surface area contributed by atoms with E-state index >= 15 is 0 Å². The van der Waals surface area contributed by atoms with Crippen LogP contribution in [0, 0.1) is 0 Å². The molecule has 3 aromatic heterocycles. The lowest BCUT2D eigenvalue weighted by Gasteiger charge is -2.35. The molecule has 0 unspecified atom stereocenters. The van der Waals surface area contributed by atoms with Crippen molar-refractivity contribution in [3.63, 3.8) is 0 Å². The fraction of sp³-hybridized carbons (Fsp3) is 0.250. The first-order valence-electron chi connectivity index (χ1n) is 10.6. The fourth-order valence-corrected chi connectivity index (χ4v) is 3.95. The Labute approximate surface area is 180 Å². The zero-order valence-electron chi connectivity index (χ0n) is 17.5. The average molecular weight is 412 g/mol. The number of aromatic nitrogens is 4. The van der Waals surface area contributed by atoms with Crippen LogP contribution < -0.4 is 4.90 Å². The number of para-hydroxylation sites is 1. The Balaban J connectivity index is 1.32. The van der Waals surface area contributed by atoms with Gasteiger partial charge in [0.25, 0.3) is 5.91 Å². The van der Waals surface area contributed by atoms with Crippen molar-refractivity contribution in [1.29, 1.82) is 0 Å². The molecule has 0 bridgehead atoms. The van der Waals surface area contributed by atoms with Crippen LogP contribution in [0.1, 0.15) is 23.1 Å². The predicted molar refractivity (Wildman–Crippen MR) is 121 cm³/mol. The van der Waals surface area contributed by atoms with E-state index in [1.165, 1.54) is 0 Å². The van der Waals surface area contributed by atoms with Gasteiger partial charge >= 0.3 is 0 Å². The summed E-state index contributed by atoms with van der Waals surface area (Å²) < 4.78 is 0. The number of hydrogen-bond donors (Lipinski definition) is 1. The van der Waals surface area contributed by atoms with E-state index in [1.807, 2.05) is 47.4 Å². The number of nitrogens with one attached hydrogen (secondary N) is 1. The largest absolute Gasteiger partial charge is 0.353 e. The van der Waals surface area contributed by atoms with Crippen LogP contribution in [-0.4, -0.2) is 56.9 Å². The van der Waals surface area contributed by atoms with Crippen LogP contribution >= 0.6 is 0 Å². The number of rotatable bonds is 4. The van der Waals surface area contributed by atoms with Crippen LogP contribution in [-0.2, 0) is 6.42 Å². The van der Waals surface area contributed by atoms with Gasteiger partial charge in [0, 0.05) is 66.8 Å². The van der Waals surface area contributed by atoms with E-state index < -0.39 is 0 Å². The lowest BCUT2D eigenvalue weighted by atomic mass is 10.2. The lowest BCUT2D eigenvalue weighted by molar-refractivity contribution is 0.0741. The summed E-state index contributed by atoms with van der Waals surface area (Å²) in [7, 11) is 0. The SMILES string of the molecule is CCc1cc(N2CCN(C(=O)c3cc4ccccc4[nH]3)CC2)nc(-c2ccncc2)n1. The van der Waals surface area contributed by atoms with Crippen LogP contribution in [0.3, 0.4) is 0 Å². The lowest BCUT2D eigenvalue weighted by Crippen LogP contribution is -2.49. The molecule has 1 aliphatic heterocycles. The number of aromatic amines is 1. The second-order valence-corrected chi connectivity index (χ2v) is 7.68. The number of hydrogen-bond acceptors (Lipinski definition) is 5. The molecule has 1 aromatic carbocycles. The standard InChI is InChI=1S/C24H24N6O/c1-2-19-16-22(28-23(26-19)17-7-9-25-10-8-17)29-11-13-30(14-12-29)24(31)21-15-18-5-3-4-6-20(18)27-21/h3-10,15-16,27H,2,11-14H2,1H3. The van der Waals surface area contributed by atoms with Crippen molar-refractivity contribution >= 4 is 22.6 Å². The summed E-state index contributed by atoms with van der Waals surface area (Å²) in [6.45, 7) is 4.89. The number of aryl methyl sites for hydroxylation is 1. The van der Waals surface area contributed by atoms with Crippen molar-refractivity contribution in [3.05, 3.63) is 72.3 Å². The number of pyridine rings is 1. The normalized spacial score (nSPS) is 14.2. The first-order valence-corrected chi connectivity index (χ1v) is 10.6. The molecular formula is C24H24N6O. The number of piperazine rings is 1. The van der Waals surface area contributed by atoms with Gasteiger partial charge in [-0.15, -0.1) is 0 Å². The summed E-state index contributed by atoms with van der Waals surface area (Å²) in [6, 6.07) is 15.8. The molecule has 0 saturated carbocycles. The molecule has 0 atom stereocenters. The molecule has 156 valence electrons. The highest BCUT2D eigenvalue weighted by atomic mass is 16.2. The van der Waals surface area contributed by atoms with Crippen molar-refractivity contribution in [2.75, 3.05) is 31.1 Å². The molecule has 0 radical (unpaired) electrons. The van der Waals surface area contributed by atoms with E-state index in [1.54, 1.807) is 12.4 Å². The second kappa shape index (κ2) is 8.18. The molecule has 1 aliphatic rings. The van der Waals surface area contributed by atoms with Crippen molar-refractivity contribution in [2.45, 2.75) is 13.3 Å². The maximum Gasteiger partial charge on any atom is 0.270 e. The number of nitrogens with zero attached hydrogens (tertiary/aromatic N) is 5. The Kier molecular flexibility index (Phi) is 5.08. The Bertz CT molecular complexity index is 1180. The quantitative estimate of drug-likeness (QED) is 0.555. The van der Waals surface area contributed by atoms with Gasteiger partial charge < -0.3 is 14.8 Å². The van der Waals surface area contributed by atoms with E-state index in [2.05, 4.69) is 32.8 Å². The monoisotopic (exact) mass is 412 g/mol. The van der Waals surface area contributed by atoms with Crippen molar-refractivity contribution < 1.29 is 4.79 Å². The van der Waals surface area contributed by atoms with E-state index in [4.69, 9.17) is 4.98 Å². The topological polar surface area (TPSA) is 78.0 Å². The fourth-order valence-electron chi connectivity index (χ4n) is 3.95. The highest BCUT2D eigenvalue weighted by Gasteiger charge is 2.24. The van der Waals surface area contributed by atoms with Crippen molar-refractivity contribution in [1.82, 2.24) is 24.8 Å². The summed E-state index contributed by atoms with van der Waals surface area (Å²) in [5, 5.41) is 1.06. The molecule has 4 aromatic rings. The van der Waals surface area contributed by atoms with Crippen LogP contribution in [0.15, 0.2) is 60.9 Å². The van der Waals surface area contributed by atoms with E-state index in [0.717, 1.165) is 47.5 Å². The molecule has 5 rings (SSSR count). The number of amides is 1. The minimum atomic E-state index is 0.0465. The summed E-state index contributed by atoms with van der Waals surface area (Å²) in [5.74, 6) is 1.68. The van der Waals surface area contributed by atoms with E-state index in [9.17, 15) is 4.79 Å². The third-order valence-corrected chi connectivity index (χ3v) is 5.72. The van der Waals surface area contributed by atoms with Gasteiger partial charge in [-0.25, -0.2) is 9.97 Å². The minimum absolute atomic E-state index is 0.0465. The third kappa shape index (κ3) is 3.86. The van der Waals surface area contributed by atoms with Crippen LogP contribution in [0.5, 0.6) is 0 Å². The van der Waals surface area contributed by atoms with Gasteiger partial charge in [-0.05, 0) is 30.7 Å². The number of carbonyl (C=O) groups excluding carboxylic acids is 1. The molecule has 1 N–H and O–H groups in total. The van der Waals surface area contributed by atoms with Gasteiger partial charge in [0.1, 0.15) is 11.5 Å². The third-order valence-electron chi connectivity index (χ3n) is 5.72. The highest BCUT2D eigenvalue weighted by Crippen LogP contribution is 2.22. The number of fused-ring (bicyclic) bond motifs is 1. The van der Waals surface area contributed by atoms with E-state index in [-0.39, 0.29) is 5.91 Å². The molecular weight excluding hydrogens is 388 g/mol. The molecule has 1 amide bonds. The molecule has 1 saturated heterocycles. The molecule has 4 heterocycles. The van der Waals surface area contributed by atoms with Crippen LogP contribution in [0.2, 0.25) is 0 Å². The zero-order chi connectivity index (χ0) is 21.2. The molecule has 7 nitrogen and oxygen atoms in total. The Morgan fingerprint density at radius 2 is 1.77 bits per heavy atom. The summed E-state index contributed by atoms with van der Waals surface area (Å²) in [5.41, 5.74) is 3.60. The molecule has 31 heavy (non-hydrogen) atoms. The van der Waals surface area contributed by atoms with Crippen molar-refractivity contribution in [2.24, 2.45) is 0 Å². The van der Waals surface area contributed by atoms with E-state index in [0.29, 0.717) is 24.6 Å². The predicted octanol–water partition coefficient (Wildman–Crippen LogP) is 3.54. The number of H-pyrrole nitrogens is 1. The maximum absolute atomic E-state index is 13.0. The molecule has 0 aliphatic carbocycles. The van der Waals surface area contributed by atoms with Crippen LogP contribution in [0.4, 0.5) is 5.82 Å². The second-order valence-electron chi connectivity index (χ2n) is 7.68. The first-order chi connectivity index (χ1) is 15.2. The smallest absolute Gasteiger partial charge is 0.270 e. The highest BCUT2D eigenvalue weighted by molar-refractivity contribution is 5.98. The van der Waals surface area contributed by atoms with Gasteiger partial charge in [-0.1, -0.05) is 25.1 Å². The average Bonchev–Trinajstić information content (AvgIpc) is 3.28. The van der Waals surface area contributed by atoms with Crippen molar-refractivity contribution in [3.8, 4) is 11.4 Å². The Morgan fingerprint density at radius 3 is 2.52 bits per heavy atom. The zero-order valence-corrected chi connectivity index (χ0v) is 17.5. The number of benzene rings is 1. The molecule has 0 spiro atoms. The van der Waals surface area contributed by atoms with Gasteiger partial charge in [0.15, 0.2) is 5.82 Å². The van der Waals surface area contributed by atoms with Crippen LogP contribution in [0.25, 0.3) is 22.3 Å². The first kappa shape index (κ1) is 19.2. The van der Waals surface area contributed by atoms with Gasteiger partial charge in [-0.2, -0.15) is 0 Å². The number of carbonyl (C=O) groups is 1. The summed E-state index contributed by atoms with van der Waals surface area (Å²) in [4.78, 5) is 34.0. The summed E-state index contributed by atoms with van der Waals surface area (Å²) >= 11 is 0. The van der Waals surface area contributed by atoms with Gasteiger partial charge in [-0.3, -0.25) is 9.78 Å². The minimum Gasteiger partial charge on any atom is -0.353 e. The molecule has 7 heteroatoms. The van der Waals surface area contributed by atoms with Gasteiger partial charge in [0.05, 0.1) is 0 Å².